The molecule has 0 unspecified atom stereocenters. The van der Waals surface area contributed by atoms with Gasteiger partial charge in [0.15, 0.2) is 0 Å². The van der Waals surface area contributed by atoms with Crippen molar-refractivity contribution in [1.29, 1.82) is 0 Å². The highest BCUT2D eigenvalue weighted by Crippen LogP contribution is 2.20. The standard InChI is InChI=1S/C10H15N3/c1-7(2)6-9(11)8-4-3-5-13-10(8)12/h3-5,9H,1,6,11H2,2H3,(H2,12,13)/t9-/m1/s1. The molecule has 0 aliphatic carbocycles. The highest BCUT2D eigenvalue weighted by Gasteiger charge is 2.09. The summed E-state index contributed by atoms with van der Waals surface area (Å²) >= 11 is 0. The largest absolute Gasteiger partial charge is 0.383 e. The van der Waals surface area contributed by atoms with Crippen LogP contribution < -0.4 is 11.5 Å². The molecule has 0 spiro atoms. The number of nitrogens with zero attached hydrogens (tertiary/aromatic N) is 1. The minimum Gasteiger partial charge on any atom is -0.383 e. The molecule has 70 valence electrons. The molecule has 1 rings (SSSR count). The molecule has 3 heteroatoms. The van der Waals surface area contributed by atoms with Gasteiger partial charge < -0.3 is 11.5 Å². The monoisotopic (exact) mass is 177 g/mol. The van der Waals surface area contributed by atoms with E-state index in [2.05, 4.69) is 11.6 Å². The van der Waals surface area contributed by atoms with Gasteiger partial charge in [-0.15, -0.1) is 6.58 Å². The third-order valence-electron chi connectivity index (χ3n) is 1.84. The van der Waals surface area contributed by atoms with Gasteiger partial charge in [-0.2, -0.15) is 0 Å². The summed E-state index contributed by atoms with van der Waals surface area (Å²) in [5.74, 6) is 0.510. The first-order chi connectivity index (χ1) is 6.11. The quantitative estimate of drug-likeness (QED) is 0.690. The molecule has 0 radical (unpaired) electrons. The maximum absolute atomic E-state index is 5.92. The van der Waals surface area contributed by atoms with Crippen molar-refractivity contribution in [3.8, 4) is 0 Å². The number of anilines is 1. The summed E-state index contributed by atoms with van der Waals surface area (Å²) in [5.41, 5.74) is 13.5. The van der Waals surface area contributed by atoms with Crippen molar-refractivity contribution in [2.45, 2.75) is 19.4 Å². The van der Waals surface area contributed by atoms with E-state index in [0.717, 1.165) is 17.6 Å². The highest BCUT2D eigenvalue weighted by molar-refractivity contribution is 5.41. The number of pyridine rings is 1. The number of aromatic nitrogens is 1. The van der Waals surface area contributed by atoms with Crippen LogP contribution in [0.2, 0.25) is 0 Å². The van der Waals surface area contributed by atoms with Gasteiger partial charge in [-0.1, -0.05) is 11.6 Å². The van der Waals surface area contributed by atoms with Crippen molar-refractivity contribution in [2.75, 3.05) is 5.73 Å². The molecule has 13 heavy (non-hydrogen) atoms. The number of nitrogens with two attached hydrogens (primary N) is 2. The van der Waals surface area contributed by atoms with E-state index < -0.39 is 0 Å². The van der Waals surface area contributed by atoms with Gasteiger partial charge in [-0.25, -0.2) is 4.98 Å². The van der Waals surface area contributed by atoms with Crippen LogP contribution in [0.4, 0.5) is 5.82 Å². The van der Waals surface area contributed by atoms with E-state index in [0.29, 0.717) is 5.82 Å². The third-order valence-corrected chi connectivity index (χ3v) is 1.84. The molecule has 0 fully saturated rings. The Morgan fingerprint density at radius 3 is 2.92 bits per heavy atom. The summed E-state index contributed by atoms with van der Waals surface area (Å²) in [6.45, 7) is 5.76. The van der Waals surface area contributed by atoms with Crippen molar-refractivity contribution >= 4 is 5.82 Å². The van der Waals surface area contributed by atoms with Crippen LogP contribution in [0.3, 0.4) is 0 Å². The lowest BCUT2D eigenvalue weighted by Gasteiger charge is -2.12. The van der Waals surface area contributed by atoms with Gasteiger partial charge in [0.05, 0.1) is 0 Å². The van der Waals surface area contributed by atoms with Gasteiger partial charge in [0.2, 0.25) is 0 Å². The van der Waals surface area contributed by atoms with Gasteiger partial charge in [0, 0.05) is 17.8 Å². The molecule has 0 amide bonds. The number of nitrogen functional groups attached to an aromatic ring is 1. The Morgan fingerprint density at radius 1 is 1.69 bits per heavy atom. The summed E-state index contributed by atoms with van der Waals surface area (Å²) in [7, 11) is 0. The zero-order chi connectivity index (χ0) is 9.84. The molecule has 1 atom stereocenters. The molecule has 0 aliphatic rings. The molecule has 1 aromatic rings. The first-order valence-electron chi connectivity index (χ1n) is 4.21. The Labute approximate surface area is 78.5 Å². The molecule has 0 bridgehead atoms. The van der Waals surface area contributed by atoms with Crippen LogP contribution in [0.1, 0.15) is 24.9 Å². The summed E-state index contributed by atoms with van der Waals surface area (Å²) < 4.78 is 0. The molecule has 0 saturated heterocycles. The Hall–Kier alpha value is -1.35. The van der Waals surface area contributed by atoms with Crippen molar-refractivity contribution in [3.05, 3.63) is 36.0 Å². The van der Waals surface area contributed by atoms with E-state index in [1.54, 1.807) is 6.20 Å². The van der Waals surface area contributed by atoms with Gasteiger partial charge >= 0.3 is 0 Å². The molecule has 0 aromatic carbocycles. The highest BCUT2D eigenvalue weighted by atomic mass is 14.8. The van der Waals surface area contributed by atoms with E-state index in [9.17, 15) is 0 Å². The first kappa shape index (κ1) is 9.74. The predicted molar refractivity (Wildman–Crippen MR) is 55.0 cm³/mol. The lowest BCUT2D eigenvalue weighted by Crippen LogP contribution is -2.13. The average molecular weight is 177 g/mol. The fourth-order valence-corrected chi connectivity index (χ4v) is 1.23. The minimum atomic E-state index is -0.0915. The minimum absolute atomic E-state index is 0.0915. The van der Waals surface area contributed by atoms with Crippen LogP contribution in [-0.2, 0) is 0 Å². The van der Waals surface area contributed by atoms with Gasteiger partial charge in [-0.05, 0) is 19.4 Å². The second kappa shape index (κ2) is 4.05. The van der Waals surface area contributed by atoms with Crippen LogP contribution in [-0.4, -0.2) is 4.98 Å². The van der Waals surface area contributed by atoms with E-state index in [-0.39, 0.29) is 6.04 Å². The fraction of sp³-hybridized carbons (Fsp3) is 0.300. The summed E-state index contributed by atoms with van der Waals surface area (Å²) in [4.78, 5) is 3.98. The molecule has 0 aliphatic heterocycles. The maximum Gasteiger partial charge on any atom is 0.128 e. The maximum atomic E-state index is 5.92. The van der Waals surface area contributed by atoms with Crippen LogP contribution in [0.25, 0.3) is 0 Å². The number of hydrogen-bond acceptors (Lipinski definition) is 3. The van der Waals surface area contributed by atoms with E-state index in [4.69, 9.17) is 11.5 Å². The molecule has 1 aromatic heterocycles. The predicted octanol–water partition coefficient (Wildman–Crippen LogP) is 1.63. The topological polar surface area (TPSA) is 64.9 Å². The van der Waals surface area contributed by atoms with E-state index in [1.165, 1.54) is 0 Å². The van der Waals surface area contributed by atoms with Crippen LogP contribution in [0.5, 0.6) is 0 Å². The Kier molecular flexibility index (Phi) is 3.03. The summed E-state index contributed by atoms with van der Waals surface area (Å²) in [5, 5.41) is 0. The molecular formula is C10H15N3. The molecule has 1 heterocycles. The first-order valence-corrected chi connectivity index (χ1v) is 4.21. The van der Waals surface area contributed by atoms with Gasteiger partial charge in [0.1, 0.15) is 5.82 Å². The van der Waals surface area contributed by atoms with Crippen molar-refractivity contribution in [2.24, 2.45) is 5.73 Å². The lowest BCUT2D eigenvalue weighted by molar-refractivity contribution is 0.716. The van der Waals surface area contributed by atoms with E-state index in [1.807, 2.05) is 19.1 Å². The lowest BCUT2D eigenvalue weighted by atomic mass is 10.0. The smallest absolute Gasteiger partial charge is 0.128 e. The van der Waals surface area contributed by atoms with E-state index >= 15 is 0 Å². The number of hydrogen-bond donors (Lipinski definition) is 2. The van der Waals surface area contributed by atoms with Gasteiger partial charge in [-0.3, -0.25) is 0 Å². The Bertz CT molecular complexity index is 307. The number of rotatable bonds is 3. The van der Waals surface area contributed by atoms with Gasteiger partial charge in [0.25, 0.3) is 0 Å². The summed E-state index contributed by atoms with van der Waals surface area (Å²) in [6.07, 6.45) is 2.40. The van der Waals surface area contributed by atoms with Crippen molar-refractivity contribution < 1.29 is 0 Å². The molecule has 0 saturated carbocycles. The zero-order valence-electron chi connectivity index (χ0n) is 7.83. The van der Waals surface area contributed by atoms with Crippen LogP contribution >= 0.6 is 0 Å². The average Bonchev–Trinajstić information content (AvgIpc) is 2.03. The second-order valence-electron chi connectivity index (χ2n) is 3.25. The normalized spacial score (nSPS) is 12.5. The van der Waals surface area contributed by atoms with Crippen molar-refractivity contribution in [3.63, 3.8) is 0 Å². The second-order valence-corrected chi connectivity index (χ2v) is 3.25. The summed E-state index contributed by atoms with van der Waals surface area (Å²) in [6, 6.07) is 3.64. The zero-order valence-corrected chi connectivity index (χ0v) is 7.83. The Morgan fingerprint density at radius 2 is 2.38 bits per heavy atom. The van der Waals surface area contributed by atoms with Crippen molar-refractivity contribution in [1.82, 2.24) is 4.98 Å². The molecule has 3 nitrogen and oxygen atoms in total. The SMILES string of the molecule is C=C(C)C[C@@H](N)c1cccnc1N. The third kappa shape index (κ3) is 2.56. The molecule has 4 N–H and O–H groups in total. The van der Waals surface area contributed by atoms with Crippen LogP contribution in [0.15, 0.2) is 30.5 Å². The van der Waals surface area contributed by atoms with Crippen LogP contribution in [0, 0.1) is 0 Å². The molecular weight excluding hydrogens is 162 g/mol. The fourth-order valence-electron chi connectivity index (χ4n) is 1.23. The Balaban J connectivity index is 2.82.